The number of nitrogens with zero attached hydrogens (tertiary/aromatic N) is 6. The summed E-state index contributed by atoms with van der Waals surface area (Å²) in [5.74, 6) is -2.69. The first-order chi connectivity index (χ1) is 41.0. The number of ether oxygens (including phenoxy) is 3. The van der Waals surface area contributed by atoms with Crippen LogP contribution in [-0.2, 0) is 32.1 Å². The molecule has 89 heavy (non-hydrogen) atoms. The maximum atomic E-state index is 12.6. The molecule has 5 heterocycles. The Morgan fingerprint density at radius 3 is 1.43 bits per heavy atom. The number of esters is 3. The second kappa shape index (κ2) is 38.0. The summed E-state index contributed by atoms with van der Waals surface area (Å²) >= 11 is 12.4. The third kappa shape index (κ3) is 27.4. The van der Waals surface area contributed by atoms with Crippen LogP contribution in [0.5, 0.6) is 0 Å². The van der Waals surface area contributed by atoms with E-state index in [0.29, 0.717) is 26.5 Å². The molecule has 0 aliphatic heterocycles. The lowest BCUT2D eigenvalue weighted by atomic mass is 8.43. The van der Waals surface area contributed by atoms with E-state index in [2.05, 4.69) is 46.8 Å². The van der Waals surface area contributed by atoms with Crippen molar-refractivity contribution in [2.75, 3.05) is 40.5 Å². The molecule has 0 aliphatic carbocycles. The SMILES string of the molecule is CC(C)(O)CN.CCOC(=O)/C(=C\N(C)C)C(=O)c1cc(Br)cnc1Cl.CCOC(=O)c1cn(CC(C)(C)O)c2ncc(B(O)O)cc2c1=O.CCOC(=O)c1cn(CC(C)(C)O)c2ncc(Br)cc2c1=O.[B][B]B(B([B])[B])B(B([B])[B])B(B([B])[B])B([B])[B]. The molecule has 0 aromatic carbocycles. The molecule has 0 amide bonds. The molecule has 5 aromatic rings. The smallest absolute Gasteiger partial charge is 0.462 e. The lowest BCUT2D eigenvalue weighted by Gasteiger charge is -2.38. The van der Waals surface area contributed by atoms with Crippen molar-refractivity contribution in [3.8, 4) is 0 Å². The van der Waals surface area contributed by atoms with Gasteiger partial charge in [0.25, 0.3) is 0 Å². The molecule has 443 valence electrons. The summed E-state index contributed by atoms with van der Waals surface area (Å²) in [5, 5.41) is 47.7. The van der Waals surface area contributed by atoms with Crippen molar-refractivity contribution in [1.29, 1.82) is 0 Å². The fourth-order valence-corrected chi connectivity index (χ4v) is 8.77. The van der Waals surface area contributed by atoms with E-state index in [9.17, 15) is 49.0 Å². The highest BCUT2D eigenvalue weighted by atomic mass is 79.9. The van der Waals surface area contributed by atoms with E-state index in [0.717, 1.165) is 0 Å². The molecule has 0 spiro atoms. The normalized spacial score (nSPS) is 11.0. The molecule has 0 fully saturated rings. The van der Waals surface area contributed by atoms with E-state index in [1.165, 1.54) is 54.7 Å². The maximum absolute atomic E-state index is 12.6. The number of aromatic nitrogens is 5. The van der Waals surface area contributed by atoms with Crippen LogP contribution in [0.2, 0.25) is 5.15 Å². The van der Waals surface area contributed by atoms with Crippen LogP contribution in [0, 0.1) is 0 Å². The summed E-state index contributed by atoms with van der Waals surface area (Å²) in [6, 6.07) is 4.38. The van der Waals surface area contributed by atoms with E-state index >= 15 is 0 Å². The van der Waals surface area contributed by atoms with Gasteiger partial charge in [0.15, 0.2) is 0 Å². The fraction of sp³-hybridized carbons (Fsp3) is 0.426. The van der Waals surface area contributed by atoms with Gasteiger partial charge >= 0.3 is 25.0 Å². The molecular formula is C47H61B18Br2ClN7O14. The van der Waals surface area contributed by atoms with Gasteiger partial charge in [0.05, 0.1) is 66.0 Å². The number of nitrogens with two attached hydrogens (primary N) is 1. The minimum absolute atomic E-state index is 0.0235. The highest BCUT2D eigenvalue weighted by Gasteiger charge is 2.40. The number of aliphatic hydroxyl groups is 3. The summed E-state index contributed by atoms with van der Waals surface area (Å²) in [5.41, 5.74) is 1.59. The number of halogens is 3. The standard InChI is InChI=1S/C15H19BN2O6.C15H17BrN2O4.C13H14BrClN2O3.C4H11NO.B17/c1-4-24-14(20)11-7-18(8-15(2,3)21)13-10(12(11)19)5-9(6-17-13)16(22)23;1-4-22-14(20)11-7-18(8-15(2,3)21)13-10(12(11)19)5-9(16)6-17-13;1-4-20-13(19)10(7-17(2)3)11(18)9-5-8(14)6-16-12(9)15;1-4(2,6)3-5;1-10-15(11(2)3)17(14(8)9)16(12(4)5)13(6)7/h5-7,21-23H,4,8H2,1-3H3;5-7,21H,4,8H2,1-3H3;5-7H,4H2,1-3H3;6H,3,5H2,1-2H3;/b;;10-7-;;. The number of pyridine rings is 5. The van der Waals surface area contributed by atoms with Gasteiger partial charge < -0.3 is 59.3 Å². The summed E-state index contributed by atoms with van der Waals surface area (Å²) in [6.07, 6.45) is 3.68. The monoisotopic (exact) mass is 1340 g/mol. The Labute approximate surface area is 557 Å². The predicted octanol–water partition coefficient (Wildman–Crippen LogP) is -2.94. The Morgan fingerprint density at radius 1 is 0.663 bits per heavy atom. The summed E-state index contributed by atoms with van der Waals surface area (Å²) in [7, 11) is 53.6. The molecule has 5 aromatic heterocycles. The van der Waals surface area contributed by atoms with E-state index in [1.54, 1.807) is 98.1 Å². The molecule has 42 heteroatoms. The summed E-state index contributed by atoms with van der Waals surface area (Å²) in [6.45, 7) is 15.8. The van der Waals surface area contributed by atoms with Gasteiger partial charge in [-0.1, -0.05) is 11.6 Å². The first-order valence-corrected chi connectivity index (χ1v) is 29.3. The van der Waals surface area contributed by atoms with Gasteiger partial charge in [0.2, 0.25) is 16.6 Å². The van der Waals surface area contributed by atoms with E-state index < -0.39 is 103 Å². The van der Waals surface area contributed by atoms with Gasteiger partial charge in [-0.2, -0.15) is 0 Å². The minimum atomic E-state index is -1.80. The van der Waals surface area contributed by atoms with Crippen LogP contribution in [0.15, 0.2) is 79.5 Å². The van der Waals surface area contributed by atoms with Crippen molar-refractivity contribution in [2.24, 2.45) is 5.73 Å². The topological polar surface area (TPSA) is 309 Å². The number of hydrogen-bond donors (Lipinski definition) is 6. The molecule has 5 rings (SSSR count). The largest absolute Gasteiger partial charge is 0.490 e. The average Bonchev–Trinajstić information content (AvgIpc) is 1.00. The number of carbonyl (C=O) groups excluding carboxylic acids is 4. The van der Waals surface area contributed by atoms with Crippen molar-refractivity contribution in [3.63, 3.8) is 0 Å². The molecule has 0 unspecified atom stereocenters. The van der Waals surface area contributed by atoms with E-state index in [1.807, 2.05) is 0 Å². The molecule has 0 saturated heterocycles. The number of ketones is 1. The van der Waals surface area contributed by atoms with Crippen molar-refractivity contribution < 1.29 is 58.8 Å². The Hall–Kier alpha value is -4.33. The Morgan fingerprint density at radius 2 is 1.07 bits per heavy atom. The highest BCUT2D eigenvalue weighted by Crippen LogP contribution is 2.23. The number of carbonyl (C=O) groups is 4. The van der Waals surface area contributed by atoms with Crippen LogP contribution in [0.25, 0.3) is 22.1 Å². The van der Waals surface area contributed by atoms with Crippen LogP contribution in [-0.4, -0.2) is 264 Å². The van der Waals surface area contributed by atoms with Crippen molar-refractivity contribution in [1.82, 2.24) is 29.0 Å². The fourth-order valence-electron chi connectivity index (χ4n) is 7.91. The van der Waals surface area contributed by atoms with Gasteiger partial charge in [-0.3, -0.25) is 14.4 Å². The van der Waals surface area contributed by atoms with Crippen molar-refractivity contribution in [3.05, 3.63) is 112 Å². The van der Waals surface area contributed by atoms with Crippen LogP contribution >= 0.6 is 43.5 Å². The molecule has 21 nitrogen and oxygen atoms in total. The zero-order valence-corrected chi connectivity index (χ0v) is 55.6. The van der Waals surface area contributed by atoms with Gasteiger partial charge in [-0.15, -0.1) is 0 Å². The van der Waals surface area contributed by atoms with Crippen LogP contribution in [0.4, 0.5) is 0 Å². The summed E-state index contributed by atoms with van der Waals surface area (Å²) in [4.78, 5) is 87.1. The Bertz CT molecular complexity index is 3320. The first kappa shape index (κ1) is 82.7. The van der Waals surface area contributed by atoms with Gasteiger partial charge in [0.1, 0.15) is 33.1 Å². The molecule has 0 saturated carbocycles. The van der Waals surface area contributed by atoms with Crippen molar-refractivity contribution >= 4 is 223 Å². The molecular weight excluding hydrogens is 1280 g/mol. The maximum Gasteiger partial charge on any atom is 0.490 e. The van der Waals surface area contributed by atoms with Gasteiger partial charge in [-0.25, -0.2) is 29.3 Å². The molecule has 0 atom stereocenters. The average molecular weight is 1340 g/mol. The quantitative estimate of drug-likeness (QED) is 0.00591. The third-order valence-electron chi connectivity index (χ3n) is 11.8. The molecule has 0 bridgehead atoms. The number of Topliss-reactive ketones (excluding diaryl/α,β-unsaturated/α-hetero) is 1. The van der Waals surface area contributed by atoms with Gasteiger partial charge in [-0.05, 0) is 112 Å². The zero-order chi connectivity index (χ0) is 68.8. The van der Waals surface area contributed by atoms with Crippen LogP contribution in [0.3, 0.4) is 0 Å². The van der Waals surface area contributed by atoms with Gasteiger partial charge in [0, 0.05) is 194 Å². The van der Waals surface area contributed by atoms with E-state index in [4.69, 9.17) is 106 Å². The second-order valence-corrected chi connectivity index (χ2v) is 24.1. The van der Waals surface area contributed by atoms with E-state index in [-0.39, 0.29) is 76.8 Å². The number of fused-ring (bicyclic) bond motifs is 2. The van der Waals surface area contributed by atoms with Crippen LogP contribution < -0.4 is 22.1 Å². The summed E-state index contributed by atoms with van der Waals surface area (Å²) < 4.78 is 19.0. The molecule has 19 radical (unpaired) electrons. The number of rotatable bonds is 22. The van der Waals surface area contributed by atoms with Crippen molar-refractivity contribution in [2.45, 2.75) is 92.2 Å². The lowest BCUT2D eigenvalue weighted by molar-refractivity contribution is -0.138. The highest BCUT2D eigenvalue weighted by molar-refractivity contribution is 9.10. The minimum Gasteiger partial charge on any atom is -0.462 e. The predicted molar refractivity (Wildman–Crippen MR) is 377 cm³/mol. The second-order valence-electron chi connectivity index (χ2n) is 21.9. The first-order valence-electron chi connectivity index (χ1n) is 27.3. The Balaban J connectivity index is 0.000000579. The lowest BCUT2D eigenvalue weighted by Crippen LogP contribution is -2.76. The zero-order valence-electron chi connectivity index (χ0n) is 51.6. The molecule has 7 N–H and O–H groups in total. The third-order valence-corrected chi connectivity index (χ3v) is 13.0. The molecule has 0 aliphatic rings. The van der Waals surface area contributed by atoms with Crippen LogP contribution in [0.1, 0.15) is 93.4 Å². The number of hydrogen-bond acceptors (Lipinski definition) is 19. The Kier molecular flexibility index (Phi) is 35.3.